The van der Waals surface area contributed by atoms with Crippen LogP contribution in [0, 0.1) is 0 Å². The third-order valence-corrected chi connectivity index (χ3v) is 4.26. The molecule has 0 atom stereocenters. The number of hydrogen-bond acceptors (Lipinski definition) is 3. The third kappa shape index (κ3) is 2.34. The van der Waals surface area contributed by atoms with Crippen LogP contribution >= 0.6 is 22.9 Å². The van der Waals surface area contributed by atoms with Gasteiger partial charge in [-0.1, -0.05) is 17.7 Å². The van der Waals surface area contributed by atoms with Gasteiger partial charge in [-0.25, -0.2) is 9.78 Å². The fourth-order valence-electron chi connectivity index (χ4n) is 2.04. The first kappa shape index (κ1) is 14.9. The maximum Gasteiger partial charge on any atom is 0.420 e. The van der Waals surface area contributed by atoms with Crippen molar-refractivity contribution in [2.75, 3.05) is 0 Å². The highest BCUT2D eigenvalue weighted by Crippen LogP contribution is 2.37. The van der Waals surface area contributed by atoms with Crippen LogP contribution in [0.3, 0.4) is 0 Å². The second kappa shape index (κ2) is 4.99. The molecule has 0 amide bonds. The predicted octanol–water partition coefficient (Wildman–Crippen LogP) is 4.43. The molecule has 0 aliphatic heterocycles. The van der Waals surface area contributed by atoms with Gasteiger partial charge in [-0.15, -0.1) is 11.3 Å². The van der Waals surface area contributed by atoms with Crippen molar-refractivity contribution in [1.29, 1.82) is 0 Å². The number of hydrogen-bond donors (Lipinski definition) is 1. The number of halogens is 4. The van der Waals surface area contributed by atoms with Crippen molar-refractivity contribution in [1.82, 2.24) is 9.38 Å². The van der Waals surface area contributed by atoms with E-state index in [9.17, 15) is 18.0 Å². The molecule has 3 aromatic heterocycles. The quantitative estimate of drug-likeness (QED) is 0.746. The first-order valence-corrected chi connectivity index (χ1v) is 7.11. The highest BCUT2D eigenvalue weighted by Gasteiger charge is 2.36. The SMILES string of the molecule is O=C(O)c1nc2c(C(F)(F)F)cc(-c3cccs3)cn2c1Cl. The molecule has 0 bridgehead atoms. The minimum absolute atomic E-state index is 0.283. The molecule has 4 nitrogen and oxygen atoms in total. The van der Waals surface area contributed by atoms with E-state index in [0.29, 0.717) is 4.88 Å². The summed E-state index contributed by atoms with van der Waals surface area (Å²) in [5.41, 5.74) is -1.90. The van der Waals surface area contributed by atoms with Crippen molar-refractivity contribution in [2.45, 2.75) is 6.18 Å². The fraction of sp³-hybridized carbons (Fsp3) is 0.0769. The lowest BCUT2D eigenvalue weighted by molar-refractivity contribution is -0.136. The van der Waals surface area contributed by atoms with E-state index >= 15 is 0 Å². The number of aromatic carboxylic acids is 1. The molecule has 0 saturated heterocycles. The van der Waals surface area contributed by atoms with Crippen molar-refractivity contribution < 1.29 is 23.1 Å². The third-order valence-electron chi connectivity index (χ3n) is 2.98. The molecule has 0 aliphatic carbocycles. The summed E-state index contributed by atoms with van der Waals surface area (Å²) in [6.45, 7) is 0. The summed E-state index contributed by atoms with van der Waals surface area (Å²) < 4.78 is 40.7. The highest BCUT2D eigenvalue weighted by molar-refractivity contribution is 7.13. The van der Waals surface area contributed by atoms with Crippen molar-refractivity contribution in [3.63, 3.8) is 0 Å². The van der Waals surface area contributed by atoms with Gasteiger partial charge in [0.05, 0.1) is 5.56 Å². The molecule has 0 fully saturated rings. The molecule has 3 heterocycles. The number of carboxylic acid groups (broad SMARTS) is 1. The first-order chi connectivity index (χ1) is 10.3. The lowest BCUT2D eigenvalue weighted by Crippen LogP contribution is -2.08. The van der Waals surface area contributed by atoms with Gasteiger partial charge in [0.1, 0.15) is 5.15 Å². The smallest absolute Gasteiger partial charge is 0.420 e. The number of aromatic nitrogens is 2. The molecule has 114 valence electrons. The predicted molar refractivity (Wildman–Crippen MR) is 75.5 cm³/mol. The van der Waals surface area contributed by atoms with Gasteiger partial charge in [-0.2, -0.15) is 13.2 Å². The molecule has 9 heteroatoms. The summed E-state index contributed by atoms with van der Waals surface area (Å²) >= 11 is 7.13. The number of carboxylic acids is 1. The number of pyridine rings is 1. The van der Waals surface area contributed by atoms with Gasteiger partial charge in [-0.3, -0.25) is 4.40 Å². The van der Waals surface area contributed by atoms with E-state index in [1.54, 1.807) is 17.5 Å². The molecule has 0 aromatic carbocycles. The zero-order valence-electron chi connectivity index (χ0n) is 10.6. The molecule has 3 rings (SSSR count). The second-order valence-corrected chi connectivity index (χ2v) is 5.67. The fourth-order valence-corrected chi connectivity index (χ4v) is 3.00. The van der Waals surface area contributed by atoms with Gasteiger partial charge in [0.2, 0.25) is 0 Å². The Kier molecular flexibility index (Phi) is 3.37. The Labute approximate surface area is 130 Å². The Morgan fingerprint density at radius 1 is 1.41 bits per heavy atom. The van der Waals surface area contributed by atoms with Crippen molar-refractivity contribution >= 4 is 34.6 Å². The minimum atomic E-state index is -4.68. The summed E-state index contributed by atoms with van der Waals surface area (Å²) in [4.78, 5) is 15.1. The first-order valence-electron chi connectivity index (χ1n) is 5.85. The molecule has 1 N–H and O–H groups in total. The number of rotatable bonds is 2. The van der Waals surface area contributed by atoms with Crippen LogP contribution < -0.4 is 0 Å². The number of alkyl halides is 3. The van der Waals surface area contributed by atoms with E-state index in [-0.39, 0.29) is 10.7 Å². The normalized spacial score (nSPS) is 12.0. The number of carbonyl (C=O) groups is 1. The number of imidazole rings is 1. The highest BCUT2D eigenvalue weighted by atomic mass is 35.5. The summed E-state index contributed by atoms with van der Waals surface area (Å²) in [5.74, 6) is -1.49. The maximum atomic E-state index is 13.2. The van der Waals surface area contributed by atoms with Crippen LogP contribution in [0.1, 0.15) is 16.1 Å². The number of fused-ring (bicyclic) bond motifs is 1. The van der Waals surface area contributed by atoms with E-state index in [2.05, 4.69) is 4.98 Å². The van der Waals surface area contributed by atoms with Crippen LogP contribution in [0.2, 0.25) is 5.15 Å². The van der Waals surface area contributed by atoms with Crippen LogP contribution in [-0.4, -0.2) is 20.5 Å². The van der Waals surface area contributed by atoms with Crippen LogP contribution in [0.25, 0.3) is 16.1 Å². The van der Waals surface area contributed by atoms with Gasteiger partial charge in [0, 0.05) is 16.6 Å². The van der Waals surface area contributed by atoms with Gasteiger partial charge < -0.3 is 5.11 Å². The molecular formula is C13H6ClF3N2O2S. The van der Waals surface area contributed by atoms with E-state index < -0.39 is 29.1 Å². The van der Waals surface area contributed by atoms with E-state index in [4.69, 9.17) is 16.7 Å². The summed E-state index contributed by atoms with van der Waals surface area (Å²) in [6.07, 6.45) is -3.34. The average Bonchev–Trinajstić information content (AvgIpc) is 3.05. The zero-order valence-corrected chi connectivity index (χ0v) is 12.1. The molecule has 0 aliphatic rings. The van der Waals surface area contributed by atoms with Crippen LogP contribution in [0.15, 0.2) is 29.8 Å². The zero-order chi connectivity index (χ0) is 16.1. The summed E-state index contributed by atoms with van der Waals surface area (Å²) in [5, 5.41) is 10.3. The maximum absolute atomic E-state index is 13.2. The molecule has 0 radical (unpaired) electrons. The lowest BCUT2D eigenvalue weighted by atomic mass is 10.1. The summed E-state index contributed by atoms with van der Waals surface area (Å²) in [7, 11) is 0. The van der Waals surface area contributed by atoms with Crippen LogP contribution in [0.5, 0.6) is 0 Å². The lowest BCUT2D eigenvalue weighted by Gasteiger charge is -2.10. The Morgan fingerprint density at radius 3 is 2.68 bits per heavy atom. The molecule has 0 saturated carbocycles. The standard InChI is InChI=1S/C13H6ClF3N2O2S/c14-10-9(12(20)21)18-11-7(13(15,16)17)4-6(5-19(10)11)8-2-1-3-22-8/h1-5H,(H,20,21). The monoisotopic (exact) mass is 346 g/mol. The average molecular weight is 347 g/mol. The van der Waals surface area contributed by atoms with E-state index in [1.807, 2.05) is 0 Å². The Bertz CT molecular complexity index is 872. The van der Waals surface area contributed by atoms with Gasteiger partial charge in [0.25, 0.3) is 0 Å². The van der Waals surface area contributed by atoms with Crippen molar-refractivity contribution in [2.24, 2.45) is 0 Å². The second-order valence-electron chi connectivity index (χ2n) is 4.37. The Balaban J connectivity index is 2.39. The van der Waals surface area contributed by atoms with Crippen LogP contribution in [0.4, 0.5) is 13.2 Å². The van der Waals surface area contributed by atoms with Gasteiger partial charge in [0.15, 0.2) is 11.3 Å². The van der Waals surface area contributed by atoms with Crippen molar-refractivity contribution in [3.05, 3.63) is 46.2 Å². The molecule has 3 aromatic rings. The minimum Gasteiger partial charge on any atom is -0.476 e. The van der Waals surface area contributed by atoms with Crippen molar-refractivity contribution in [3.8, 4) is 10.4 Å². The molecule has 0 unspecified atom stereocenters. The van der Waals surface area contributed by atoms with Gasteiger partial charge in [-0.05, 0) is 17.5 Å². The van der Waals surface area contributed by atoms with E-state index in [0.717, 1.165) is 10.5 Å². The largest absolute Gasteiger partial charge is 0.476 e. The Morgan fingerprint density at radius 2 is 2.14 bits per heavy atom. The molecule has 0 spiro atoms. The molecule has 22 heavy (non-hydrogen) atoms. The van der Waals surface area contributed by atoms with E-state index in [1.165, 1.54) is 17.5 Å². The topological polar surface area (TPSA) is 54.6 Å². The van der Waals surface area contributed by atoms with Gasteiger partial charge >= 0.3 is 12.1 Å². The summed E-state index contributed by atoms with van der Waals surface area (Å²) in [6, 6.07) is 4.31. The van der Waals surface area contributed by atoms with Crippen LogP contribution in [-0.2, 0) is 6.18 Å². The number of thiophene rings is 1. The Hall–Kier alpha value is -2.06. The number of nitrogens with zero attached hydrogens (tertiary/aromatic N) is 2. The molecular weight excluding hydrogens is 341 g/mol.